The van der Waals surface area contributed by atoms with E-state index in [0.717, 1.165) is 37.8 Å². The Kier molecular flexibility index (Phi) is 2.19. The average Bonchev–Trinajstić information content (AvgIpc) is 2.83. The molecular formula is C13H12N2OS. The van der Waals surface area contributed by atoms with Crippen LogP contribution >= 0.6 is 11.3 Å². The number of rotatable bonds is 1. The molecule has 0 saturated heterocycles. The third kappa shape index (κ3) is 1.61. The SMILES string of the molecule is Cc1nc(-c2ccc3occ(C)c3c2)c(N)s1. The monoisotopic (exact) mass is 244 g/mol. The largest absolute Gasteiger partial charge is 0.464 e. The van der Waals surface area contributed by atoms with Crippen LogP contribution in [0.15, 0.2) is 28.9 Å². The van der Waals surface area contributed by atoms with Crippen LogP contribution in [0.25, 0.3) is 22.2 Å². The molecule has 0 unspecified atom stereocenters. The number of anilines is 1. The van der Waals surface area contributed by atoms with Gasteiger partial charge in [0, 0.05) is 10.9 Å². The van der Waals surface area contributed by atoms with Crippen molar-refractivity contribution in [2.45, 2.75) is 13.8 Å². The summed E-state index contributed by atoms with van der Waals surface area (Å²) in [6.45, 7) is 4.00. The first kappa shape index (κ1) is 10.4. The van der Waals surface area contributed by atoms with E-state index in [0.29, 0.717) is 0 Å². The topological polar surface area (TPSA) is 52.0 Å². The fourth-order valence-corrected chi connectivity index (χ4v) is 2.67. The molecule has 0 radical (unpaired) electrons. The van der Waals surface area contributed by atoms with Gasteiger partial charge in [0.1, 0.15) is 16.3 Å². The second-order valence-electron chi connectivity index (χ2n) is 4.08. The minimum Gasteiger partial charge on any atom is -0.464 e. The third-order valence-corrected chi connectivity index (χ3v) is 3.60. The first-order valence-corrected chi connectivity index (χ1v) is 6.18. The summed E-state index contributed by atoms with van der Waals surface area (Å²) in [4.78, 5) is 4.46. The lowest BCUT2D eigenvalue weighted by atomic mass is 10.1. The van der Waals surface area contributed by atoms with Crippen LogP contribution < -0.4 is 5.73 Å². The minimum absolute atomic E-state index is 0.767. The average molecular weight is 244 g/mol. The van der Waals surface area contributed by atoms with Crippen LogP contribution in [0.3, 0.4) is 0 Å². The molecule has 0 atom stereocenters. The lowest BCUT2D eigenvalue weighted by Gasteiger charge is -1.99. The number of furan rings is 1. The zero-order valence-electron chi connectivity index (χ0n) is 9.65. The number of nitrogens with zero attached hydrogens (tertiary/aromatic N) is 1. The summed E-state index contributed by atoms with van der Waals surface area (Å²) in [5, 5.41) is 2.87. The molecule has 0 saturated carbocycles. The van der Waals surface area contributed by atoms with Crippen molar-refractivity contribution in [3.63, 3.8) is 0 Å². The number of thiazole rings is 1. The molecule has 4 heteroatoms. The molecule has 3 nitrogen and oxygen atoms in total. The second-order valence-corrected chi connectivity index (χ2v) is 5.31. The van der Waals surface area contributed by atoms with E-state index in [9.17, 15) is 0 Å². The van der Waals surface area contributed by atoms with E-state index < -0.39 is 0 Å². The van der Waals surface area contributed by atoms with Crippen LogP contribution in [0.1, 0.15) is 10.6 Å². The fourth-order valence-electron chi connectivity index (χ4n) is 1.95. The van der Waals surface area contributed by atoms with E-state index in [1.54, 1.807) is 6.26 Å². The van der Waals surface area contributed by atoms with E-state index in [1.165, 1.54) is 11.3 Å². The summed E-state index contributed by atoms with van der Waals surface area (Å²) < 4.78 is 5.43. The molecule has 2 heterocycles. The first-order chi connectivity index (χ1) is 8.15. The lowest BCUT2D eigenvalue weighted by molar-refractivity contribution is 0.613. The van der Waals surface area contributed by atoms with Gasteiger partial charge in [-0.15, -0.1) is 11.3 Å². The van der Waals surface area contributed by atoms with Gasteiger partial charge in [-0.2, -0.15) is 0 Å². The summed E-state index contributed by atoms with van der Waals surface area (Å²) in [5.41, 5.74) is 9.91. The number of nitrogen functional groups attached to an aromatic ring is 1. The van der Waals surface area contributed by atoms with Gasteiger partial charge in [-0.05, 0) is 37.6 Å². The minimum atomic E-state index is 0.767. The molecule has 2 N–H and O–H groups in total. The van der Waals surface area contributed by atoms with Crippen molar-refractivity contribution in [3.8, 4) is 11.3 Å². The number of aromatic nitrogens is 1. The molecule has 0 fully saturated rings. The van der Waals surface area contributed by atoms with Crippen molar-refractivity contribution in [1.82, 2.24) is 4.98 Å². The Morgan fingerprint density at radius 1 is 1.29 bits per heavy atom. The number of nitrogens with two attached hydrogens (primary N) is 1. The summed E-state index contributed by atoms with van der Waals surface area (Å²) >= 11 is 1.52. The van der Waals surface area contributed by atoms with Crippen LogP contribution in [0.4, 0.5) is 5.00 Å². The smallest absolute Gasteiger partial charge is 0.134 e. The maximum absolute atomic E-state index is 5.96. The number of hydrogen-bond acceptors (Lipinski definition) is 4. The van der Waals surface area contributed by atoms with E-state index >= 15 is 0 Å². The highest BCUT2D eigenvalue weighted by molar-refractivity contribution is 7.16. The first-order valence-electron chi connectivity index (χ1n) is 5.36. The highest BCUT2D eigenvalue weighted by Crippen LogP contribution is 2.33. The molecule has 86 valence electrons. The number of hydrogen-bond donors (Lipinski definition) is 1. The molecule has 0 amide bonds. The standard InChI is InChI=1S/C13H12N2OS/c1-7-6-16-11-4-3-9(5-10(7)11)12-13(14)17-8(2)15-12/h3-6H,14H2,1-2H3. The van der Waals surface area contributed by atoms with Crippen LogP contribution in [-0.2, 0) is 0 Å². The Bertz CT molecular complexity index is 697. The Labute approximate surface area is 103 Å². The van der Waals surface area contributed by atoms with Crippen molar-refractivity contribution in [2.75, 3.05) is 5.73 Å². The zero-order valence-corrected chi connectivity index (χ0v) is 10.5. The summed E-state index contributed by atoms with van der Waals surface area (Å²) in [6, 6.07) is 6.04. The summed E-state index contributed by atoms with van der Waals surface area (Å²) in [7, 11) is 0. The molecule has 17 heavy (non-hydrogen) atoms. The summed E-state index contributed by atoms with van der Waals surface area (Å²) in [5.74, 6) is 0. The van der Waals surface area contributed by atoms with Crippen molar-refractivity contribution in [3.05, 3.63) is 35.0 Å². The predicted octanol–water partition coefficient (Wildman–Crippen LogP) is 3.76. The number of benzene rings is 1. The Morgan fingerprint density at radius 2 is 2.12 bits per heavy atom. The normalized spacial score (nSPS) is 11.2. The van der Waals surface area contributed by atoms with Crippen molar-refractivity contribution in [2.24, 2.45) is 0 Å². The molecule has 2 aromatic heterocycles. The fraction of sp³-hybridized carbons (Fsp3) is 0.154. The molecule has 0 aliphatic rings. The van der Waals surface area contributed by atoms with Crippen molar-refractivity contribution >= 4 is 27.3 Å². The van der Waals surface area contributed by atoms with Gasteiger partial charge in [-0.3, -0.25) is 0 Å². The van der Waals surface area contributed by atoms with Crippen LogP contribution in [-0.4, -0.2) is 4.98 Å². The molecule has 0 spiro atoms. The van der Waals surface area contributed by atoms with Gasteiger partial charge < -0.3 is 10.2 Å². The highest BCUT2D eigenvalue weighted by atomic mass is 32.1. The number of aryl methyl sites for hydroxylation is 2. The number of fused-ring (bicyclic) bond motifs is 1. The Balaban J connectivity index is 2.23. The molecule has 0 aliphatic carbocycles. The van der Waals surface area contributed by atoms with E-state index in [4.69, 9.17) is 10.2 Å². The van der Waals surface area contributed by atoms with Gasteiger partial charge >= 0.3 is 0 Å². The molecule has 0 bridgehead atoms. The lowest BCUT2D eigenvalue weighted by Crippen LogP contribution is -1.85. The zero-order chi connectivity index (χ0) is 12.0. The molecule has 1 aromatic carbocycles. The van der Waals surface area contributed by atoms with Gasteiger partial charge in [0.05, 0.1) is 11.3 Å². The van der Waals surface area contributed by atoms with E-state index in [1.807, 2.05) is 26.0 Å². The van der Waals surface area contributed by atoms with Crippen molar-refractivity contribution < 1.29 is 4.42 Å². The Morgan fingerprint density at radius 3 is 2.82 bits per heavy atom. The van der Waals surface area contributed by atoms with Crippen LogP contribution in [0, 0.1) is 13.8 Å². The molecule has 0 aliphatic heterocycles. The van der Waals surface area contributed by atoms with Crippen LogP contribution in [0.2, 0.25) is 0 Å². The van der Waals surface area contributed by atoms with Gasteiger partial charge in [0.15, 0.2) is 0 Å². The van der Waals surface area contributed by atoms with Crippen molar-refractivity contribution in [1.29, 1.82) is 0 Å². The van der Waals surface area contributed by atoms with E-state index in [-0.39, 0.29) is 0 Å². The quantitative estimate of drug-likeness (QED) is 0.709. The van der Waals surface area contributed by atoms with E-state index in [2.05, 4.69) is 11.1 Å². The molecular weight excluding hydrogens is 232 g/mol. The highest BCUT2D eigenvalue weighted by Gasteiger charge is 2.10. The maximum Gasteiger partial charge on any atom is 0.134 e. The molecule has 3 aromatic rings. The summed E-state index contributed by atoms with van der Waals surface area (Å²) in [6.07, 6.45) is 1.77. The van der Waals surface area contributed by atoms with Gasteiger partial charge in [-0.25, -0.2) is 4.98 Å². The third-order valence-electron chi connectivity index (χ3n) is 2.80. The Hall–Kier alpha value is -1.81. The van der Waals surface area contributed by atoms with Gasteiger partial charge in [0.2, 0.25) is 0 Å². The second kappa shape index (κ2) is 3.60. The maximum atomic E-state index is 5.96. The molecule has 3 rings (SSSR count). The van der Waals surface area contributed by atoms with Gasteiger partial charge in [0.25, 0.3) is 0 Å². The predicted molar refractivity (Wildman–Crippen MR) is 71.2 cm³/mol. The van der Waals surface area contributed by atoms with Crippen LogP contribution in [0.5, 0.6) is 0 Å². The van der Waals surface area contributed by atoms with Gasteiger partial charge in [-0.1, -0.05) is 0 Å².